The molecular formula is C7H15NO3S. The Kier molecular flexibility index (Phi) is 3.09. The lowest BCUT2D eigenvalue weighted by atomic mass is 9.94. The molecule has 4 nitrogen and oxygen atoms in total. The van der Waals surface area contributed by atoms with Crippen LogP contribution in [0.3, 0.4) is 0 Å². The van der Waals surface area contributed by atoms with E-state index in [2.05, 4.69) is 4.72 Å². The van der Waals surface area contributed by atoms with Crippen molar-refractivity contribution in [1.82, 2.24) is 4.72 Å². The molecule has 2 unspecified atom stereocenters. The first-order valence-corrected chi connectivity index (χ1v) is 6.02. The summed E-state index contributed by atoms with van der Waals surface area (Å²) in [7, 11) is -3.11. The summed E-state index contributed by atoms with van der Waals surface area (Å²) in [5, 5.41) is 9.24. The molecule has 0 aromatic heterocycles. The Labute approximate surface area is 73.0 Å². The summed E-state index contributed by atoms with van der Waals surface area (Å²) in [6.45, 7) is 0. The van der Waals surface area contributed by atoms with Crippen LogP contribution in [0.25, 0.3) is 0 Å². The Hall–Kier alpha value is -0.130. The Bertz CT molecular complexity index is 237. The summed E-state index contributed by atoms with van der Waals surface area (Å²) < 4.78 is 24.1. The van der Waals surface area contributed by atoms with Crippen LogP contribution in [0.4, 0.5) is 0 Å². The summed E-state index contributed by atoms with van der Waals surface area (Å²) in [5.41, 5.74) is 0. The van der Waals surface area contributed by atoms with Gasteiger partial charge in [-0.3, -0.25) is 0 Å². The smallest absolute Gasteiger partial charge is 0.208 e. The van der Waals surface area contributed by atoms with Gasteiger partial charge in [0, 0.05) is 6.04 Å². The Morgan fingerprint density at radius 2 is 2.08 bits per heavy atom. The van der Waals surface area contributed by atoms with Gasteiger partial charge in [-0.1, -0.05) is 0 Å². The molecular weight excluding hydrogens is 178 g/mol. The SMILES string of the molecule is CS(=O)(=O)NC1CCCC(O)C1. The van der Waals surface area contributed by atoms with Crippen molar-refractivity contribution in [3.8, 4) is 0 Å². The van der Waals surface area contributed by atoms with E-state index in [1.54, 1.807) is 0 Å². The van der Waals surface area contributed by atoms with Gasteiger partial charge >= 0.3 is 0 Å². The molecule has 2 atom stereocenters. The van der Waals surface area contributed by atoms with E-state index in [0.29, 0.717) is 6.42 Å². The maximum atomic E-state index is 10.8. The number of nitrogens with one attached hydrogen (secondary N) is 1. The van der Waals surface area contributed by atoms with Crippen molar-refractivity contribution in [2.45, 2.75) is 37.8 Å². The van der Waals surface area contributed by atoms with Crippen molar-refractivity contribution in [2.24, 2.45) is 0 Å². The summed E-state index contributed by atoms with van der Waals surface area (Å²) in [6, 6.07) is -0.0660. The van der Waals surface area contributed by atoms with Crippen LogP contribution < -0.4 is 4.72 Å². The zero-order valence-electron chi connectivity index (χ0n) is 7.16. The molecule has 1 rings (SSSR count). The lowest BCUT2D eigenvalue weighted by Gasteiger charge is -2.25. The number of aliphatic hydroxyl groups is 1. The van der Waals surface area contributed by atoms with E-state index < -0.39 is 10.0 Å². The number of rotatable bonds is 2. The summed E-state index contributed by atoms with van der Waals surface area (Å²) >= 11 is 0. The van der Waals surface area contributed by atoms with E-state index in [4.69, 9.17) is 0 Å². The minimum absolute atomic E-state index is 0.0660. The molecule has 0 saturated heterocycles. The van der Waals surface area contributed by atoms with Gasteiger partial charge in [0.25, 0.3) is 0 Å². The highest BCUT2D eigenvalue weighted by Crippen LogP contribution is 2.18. The second-order valence-corrected chi connectivity index (χ2v) is 5.19. The third kappa shape index (κ3) is 3.51. The van der Waals surface area contributed by atoms with Gasteiger partial charge in [-0.15, -0.1) is 0 Å². The molecule has 0 aromatic rings. The zero-order chi connectivity index (χ0) is 9.19. The fourth-order valence-electron chi connectivity index (χ4n) is 1.57. The molecule has 0 radical (unpaired) electrons. The summed E-state index contributed by atoms with van der Waals surface area (Å²) in [6.07, 6.45) is 3.89. The Balaban J connectivity index is 2.43. The molecule has 0 spiro atoms. The first-order valence-electron chi connectivity index (χ1n) is 4.13. The predicted molar refractivity (Wildman–Crippen MR) is 46.2 cm³/mol. The molecule has 0 aliphatic heterocycles. The topological polar surface area (TPSA) is 66.4 Å². The van der Waals surface area contributed by atoms with Gasteiger partial charge in [0.05, 0.1) is 12.4 Å². The van der Waals surface area contributed by atoms with Crippen molar-refractivity contribution >= 4 is 10.0 Å². The van der Waals surface area contributed by atoms with Gasteiger partial charge in [0.15, 0.2) is 0 Å². The first-order chi connectivity index (χ1) is 5.47. The predicted octanol–water partition coefficient (Wildman–Crippen LogP) is -0.161. The zero-order valence-corrected chi connectivity index (χ0v) is 7.97. The second kappa shape index (κ2) is 3.72. The minimum atomic E-state index is -3.11. The Morgan fingerprint density at radius 1 is 1.42 bits per heavy atom. The van der Waals surface area contributed by atoms with E-state index in [-0.39, 0.29) is 12.1 Å². The normalized spacial score (nSPS) is 31.8. The van der Waals surface area contributed by atoms with Gasteiger partial charge in [-0.2, -0.15) is 0 Å². The van der Waals surface area contributed by atoms with Crippen molar-refractivity contribution in [3.05, 3.63) is 0 Å². The minimum Gasteiger partial charge on any atom is -0.393 e. The lowest BCUT2D eigenvalue weighted by Crippen LogP contribution is -2.39. The highest BCUT2D eigenvalue weighted by atomic mass is 32.2. The van der Waals surface area contributed by atoms with E-state index in [1.807, 2.05) is 0 Å². The molecule has 5 heteroatoms. The third-order valence-electron chi connectivity index (χ3n) is 2.03. The molecule has 0 bridgehead atoms. The molecule has 72 valence electrons. The van der Waals surface area contributed by atoms with Crippen LogP contribution in [0.15, 0.2) is 0 Å². The van der Waals surface area contributed by atoms with Crippen molar-refractivity contribution in [3.63, 3.8) is 0 Å². The summed E-state index contributed by atoms with van der Waals surface area (Å²) in [5.74, 6) is 0. The largest absolute Gasteiger partial charge is 0.393 e. The number of hydrogen-bond acceptors (Lipinski definition) is 3. The van der Waals surface area contributed by atoms with Gasteiger partial charge in [-0.05, 0) is 25.7 Å². The number of sulfonamides is 1. The average Bonchev–Trinajstić information content (AvgIpc) is 1.82. The molecule has 1 aliphatic carbocycles. The molecule has 0 aromatic carbocycles. The maximum absolute atomic E-state index is 10.8. The van der Waals surface area contributed by atoms with Crippen LogP contribution in [0.5, 0.6) is 0 Å². The second-order valence-electron chi connectivity index (χ2n) is 3.41. The fraction of sp³-hybridized carbons (Fsp3) is 1.00. The molecule has 0 amide bonds. The van der Waals surface area contributed by atoms with Gasteiger partial charge < -0.3 is 5.11 Å². The molecule has 1 aliphatic rings. The monoisotopic (exact) mass is 193 g/mol. The number of hydrogen-bond donors (Lipinski definition) is 2. The average molecular weight is 193 g/mol. The van der Waals surface area contributed by atoms with Crippen LogP contribution >= 0.6 is 0 Å². The third-order valence-corrected chi connectivity index (χ3v) is 2.79. The van der Waals surface area contributed by atoms with E-state index in [9.17, 15) is 13.5 Å². The lowest BCUT2D eigenvalue weighted by molar-refractivity contribution is 0.117. The quantitative estimate of drug-likeness (QED) is 0.640. The molecule has 0 heterocycles. The van der Waals surface area contributed by atoms with Gasteiger partial charge in [0.1, 0.15) is 0 Å². The standard InChI is InChI=1S/C7H15NO3S/c1-12(10,11)8-6-3-2-4-7(9)5-6/h6-9H,2-5H2,1H3. The van der Waals surface area contributed by atoms with Crippen LogP contribution in [-0.4, -0.2) is 31.9 Å². The molecule has 2 N–H and O–H groups in total. The Morgan fingerprint density at radius 3 is 2.58 bits per heavy atom. The van der Waals surface area contributed by atoms with Gasteiger partial charge in [-0.25, -0.2) is 13.1 Å². The highest BCUT2D eigenvalue weighted by Gasteiger charge is 2.22. The summed E-state index contributed by atoms with van der Waals surface area (Å²) in [4.78, 5) is 0. The van der Waals surface area contributed by atoms with Crippen molar-refractivity contribution in [1.29, 1.82) is 0 Å². The van der Waals surface area contributed by atoms with Crippen LogP contribution in [-0.2, 0) is 10.0 Å². The number of aliphatic hydroxyl groups excluding tert-OH is 1. The first kappa shape index (κ1) is 9.95. The van der Waals surface area contributed by atoms with Gasteiger partial charge in [0.2, 0.25) is 10.0 Å². The molecule has 12 heavy (non-hydrogen) atoms. The maximum Gasteiger partial charge on any atom is 0.208 e. The fourth-order valence-corrected chi connectivity index (χ4v) is 2.39. The van der Waals surface area contributed by atoms with Crippen LogP contribution in [0, 0.1) is 0 Å². The van der Waals surface area contributed by atoms with Crippen molar-refractivity contribution in [2.75, 3.05) is 6.26 Å². The highest BCUT2D eigenvalue weighted by molar-refractivity contribution is 7.88. The molecule has 1 fully saturated rings. The van der Waals surface area contributed by atoms with Crippen molar-refractivity contribution < 1.29 is 13.5 Å². The van der Waals surface area contributed by atoms with E-state index in [0.717, 1.165) is 25.5 Å². The van der Waals surface area contributed by atoms with E-state index in [1.165, 1.54) is 0 Å². The van der Waals surface area contributed by atoms with E-state index >= 15 is 0 Å². The van der Waals surface area contributed by atoms with Crippen LogP contribution in [0.1, 0.15) is 25.7 Å². The molecule has 1 saturated carbocycles. The van der Waals surface area contributed by atoms with Crippen LogP contribution in [0.2, 0.25) is 0 Å².